The van der Waals surface area contributed by atoms with Crippen LogP contribution in [0.2, 0.25) is 0 Å². The molecule has 0 aliphatic carbocycles. The van der Waals surface area contributed by atoms with Gasteiger partial charge in [-0.1, -0.05) is 0 Å². The van der Waals surface area contributed by atoms with E-state index in [1.165, 1.54) is 0 Å². The Bertz CT molecular complexity index is 185. The van der Waals surface area contributed by atoms with Gasteiger partial charge in [-0.15, -0.1) is 17.0 Å². The van der Waals surface area contributed by atoms with Gasteiger partial charge in [-0.05, 0) is 6.92 Å². The highest BCUT2D eigenvalue weighted by Gasteiger charge is 1.88. The number of imidazole rings is 1. The Kier molecular flexibility index (Phi) is 4.31. The van der Waals surface area contributed by atoms with Gasteiger partial charge in [-0.3, -0.25) is 0 Å². The number of aryl methyl sites for hydroxylation is 1. The Morgan fingerprint density at radius 2 is 2.40 bits per heavy atom. The molecule has 0 spiro atoms. The Labute approximate surface area is 71.0 Å². The van der Waals surface area contributed by atoms with Crippen molar-refractivity contribution in [2.45, 2.75) is 13.5 Å². The molecule has 1 aromatic rings. The third kappa shape index (κ3) is 2.49. The van der Waals surface area contributed by atoms with Gasteiger partial charge in [0.25, 0.3) is 0 Å². The lowest BCUT2D eigenvalue weighted by molar-refractivity contribution is 0.707. The van der Waals surface area contributed by atoms with E-state index in [2.05, 4.69) is 4.98 Å². The van der Waals surface area contributed by atoms with Crippen LogP contribution in [0.5, 0.6) is 0 Å². The van der Waals surface area contributed by atoms with E-state index in [1.807, 2.05) is 17.7 Å². The minimum atomic E-state index is 0. The van der Waals surface area contributed by atoms with Crippen LogP contribution in [-0.4, -0.2) is 16.1 Å². The van der Waals surface area contributed by atoms with Crippen LogP contribution in [0, 0.1) is 6.92 Å². The topological polar surface area (TPSA) is 43.8 Å². The summed E-state index contributed by atoms with van der Waals surface area (Å²) in [6, 6.07) is 0. The molecular formula is C6H12BrN3. The summed E-state index contributed by atoms with van der Waals surface area (Å²) in [5, 5.41) is 0. The molecule has 0 aliphatic heterocycles. The van der Waals surface area contributed by atoms with E-state index in [-0.39, 0.29) is 17.0 Å². The highest BCUT2D eigenvalue weighted by molar-refractivity contribution is 8.93. The van der Waals surface area contributed by atoms with Crippen LogP contribution < -0.4 is 5.73 Å². The number of hydrogen-bond donors (Lipinski definition) is 1. The van der Waals surface area contributed by atoms with Crippen LogP contribution in [0.1, 0.15) is 5.69 Å². The highest BCUT2D eigenvalue weighted by atomic mass is 79.9. The highest BCUT2D eigenvalue weighted by Crippen LogP contribution is 1.90. The molecule has 0 aromatic carbocycles. The first-order chi connectivity index (χ1) is 4.33. The first kappa shape index (κ1) is 9.65. The molecule has 58 valence electrons. The minimum Gasteiger partial charge on any atom is -0.336 e. The van der Waals surface area contributed by atoms with Crippen molar-refractivity contribution in [1.29, 1.82) is 0 Å². The average molecular weight is 206 g/mol. The monoisotopic (exact) mass is 205 g/mol. The smallest absolute Gasteiger partial charge is 0.0949 e. The maximum absolute atomic E-state index is 5.32. The quantitative estimate of drug-likeness (QED) is 0.775. The van der Waals surface area contributed by atoms with Crippen molar-refractivity contribution >= 4 is 17.0 Å². The van der Waals surface area contributed by atoms with E-state index < -0.39 is 0 Å². The van der Waals surface area contributed by atoms with Crippen LogP contribution in [0.25, 0.3) is 0 Å². The maximum Gasteiger partial charge on any atom is 0.0949 e. The van der Waals surface area contributed by atoms with E-state index in [0.717, 1.165) is 12.2 Å². The molecule has 10 heavy (non-hydrogen) atoms. The third-order valence-electron chi connectivity index (χ3n) is 1.15. The first-order valence-corrected chi connectivity index (χ1v) is 3.01. The SMILES string of the molecule is Br.Cc1cn(CCN)cn1. The van der Waals surface area contributed by atoms with Crippen molar-refractivity contribution in [3.8, 4) is 0 Å². The first-order valence-electron chi connectivity index (χ1n) is 3.01. The summed E-state index contributed by atoms with van der Waals surface area (Å²) >= 11 is 0. The van der Waals surface area contributed by atoms with Crippen molar-refractivity contribution < 1.29 is 0 Å². The summed E-state index contributed by atoms with van der Waals surface area (Å²) in [7, 11) is 0. The van der Waals surface area contributed by atoms with Gasteiger partial charge in [0.15, 0.2) is 0 Å². The number of aromatic nitrogens is 2. The van der Waals surface area contributed by atoms with E-state index in [9.17, 15) is 0 Å². The van der Waals surface area contributed by atoms with Gasteiger partial charge in [0.1, 0.15) is 0 Å². The lowest BCUT2D eigenvalue weighted by Crippen LogP contribution is -2.07. The minimum absolute atomic E-state index is 0. The molecule has 3 nitrogen and oxygen atoms in total. The zero-order chi connectivity index (χ0) is 6.69. The summed E-state index contributed by atoms with van der Waals surface area (Å²) in [6.45, 7) is 3.50. The van der Waals surface area contributed by atoms with Crippen LogP contribution in [0.15, 0.2) is 12.5 Å². The molecule has 0 aliphatic rings. The Hall–Kier alpha value is -0.350. The van der Waals surface area contributed by atoms with Gasteiger partial charge >= 0.3 is 0 Å². The van der Waals surface area contributed by atoms with Crippen molar-refractivity contribution in [2.75, 3.05) is 6.54 Å². The van der Waals surface area contributed by atoms with Crippen LogP contribution >= 0.6 is 17.0 Å². The van der Waals surface area contributed by atoms with Crippen molar-refractivity contribution in [3.63, 3.8) is 0 Å². The predicted octanol–water partition coefficient (Wildman–Crippen LogP) is 0.728. The van der Waals surface area contributed by atoms with Gasteiger partial charge < -0.3 is 10.3 Å². The number of halogens is 1. The fourth-order valence-electron chi connectivity index (χ4n) is 0.743. The standard InChI is InChI=1S/C6H11N3.BrH/c1-6-4-9(3-2-7)5-8-6;/h4-5H,2-3,7H2,1H3;1H. The molecule has 0 bridgehead atoms. The second kappa shape index (κ2) is 4.46. The maximum atomic E-state index is 5.32. The summed E-state index contributed by atoms with van der Waals surface area (Å²) in [6.07, 6.45) is 3.77. The molecule has 0 saturated heterocycles. The second-order valence-electron chi connectivity index (χ2n) is 2.04. The zero-order valence-electron chi connectivity index (χ0n) is 5.95. The van der Waals surface area contributed by atoms with E-state index in [4.69, 9.17) is 5.73 Å². The van der Waals surface area contributed by atoms with Crippen molar-refractivity contribution in [1.82, 2.24) is 9.55 Å². The van der Waals surface area contributed by atoms with E-state index in [0.29, 0.717) is 6.54 Å². The molecule has 4 heteroatoms. The Morgan fingerprint density at radius 1 is 1.70 bits per heavy atom. The fourth-order valence-corrected chi connectivity index (χ4v) is 0.743. The molecule has 0 atom stereocenters. The van der Waals surface area contributed by atoms with Crippen LogP contribution in [-0.2, 0) is 6.54 Å². The average Bonchev–Trinajstić information content (AvgIpc) is 2.17. The fraction of sp³-hybridized carbons (Fsp3) is 0.500. The molecule has 0 saturated carbocycles. The van der Waals surface area contributed by atoms with Crippen molar-refractivity contribution in [3.05, 3.63) is 18.2 Å². The normalized spacial score (nSPS) is 9.00. The molecule has 1 aromatic heterocycles. The third-order valence-corrected chi connectivity index (χ3v) is 1.15. The van der Waals surface area contributed by atoms with Crippen LogP contribution in [0.4, 0.5) is 0 Å². The van der Waals surface area contributed by atoms with Crippen LogP contribution in [0.3, 0.4) is 0 Å². The molecule has 0 radical (unpaired) electrons. The molecule has 1 rings (SSSR count). The summed E-state index contributed by atoms with van der Waals surface area (Å²) < 4.78 is 1.98. The molecule has 1 heterocycles. The predicted molar refractivity (Wildman–Crippen MR) is 46.3 cm³/mol. The van der Waals surface area contributed by atoms with E-state index in [1.54, 1.807) is 6.33 Å². The lowest BCUT2D eigenvalue weighted by atomic mass is 10.5. The largest absolute Gasteiger partial charge is 0.336 e. The van der Waals surface area contributed by atoms with Gasteiger partial charge in [-0.2, -0.15) is 0 Å². The molecular weight excluding hydrogens is 194 g/mol. The zero-order valence-corrected chi connectivity index (χ0v) is 7.66. The molecule has 2 N–H and O–H groups in total. The van der Waals surface area contributed by atoms with E-state index >= 15 is 0 Å². The summed E-state index contributed by atoms with van der Waals surface area (Å²) in [5.74, 6) is 0. The number of nitrogens with zero attached hydrogens (tertiary/aromatic N) is 2. The van der Waals surface area contributed by atoms with Gasteiger partial charge in [0.05, 0.1) is 12.0 Å². The number of nitrogens with two attached hydrogens (primary N) is 1. The van der Waals surface area contributed by atoms with Gasteiger partial charge in [-0.25, -0.2) is 4.98 Å². The molecule has 0 unspecified atom stereocenters. The Balaban J connectivity index is 0.000000810. The molecule has 0 fully saturated rings. The van der Waals surface area contributed by atoms with Gasteiger partial charge in [0, 0.05) is 19.3 Å². The second-order valence-corrected chi connectivity index (χ2v) is 2.04. The summed E-state index contributed by atoms with van der Waals surface area (Å²) in [5.41, 5.74) is 6.37. The molecule has 0 amide bonds. The van der Waals surface area contributed by atoms with Gasteiger partial charge in [0.2, 0.25) is 0 Å². The number of rotatable bonds is 2. The summed E-state index contributed by atoms with van der Waals surface area (Å²) in [4.78, 5) is 4.04. The van der Waals surface area contributed by atoms with Crippen molar-refractivity contribution in [2.24, 2.45) is 5.73 Å². The lowest BCUT2D eigenvalue weighted by Gasteiger charge is -1.94. The Morgan fingerprint density at radius 3 is 2.80 bits per heavy atom. The number of hydrogen-bond acceptors (Lipinski definition) is 2.